The summed E-state index contributed by atoms with van der Waals surface area (Å²) >= 11 is 0. The molecule has 0 aliphatic heterocycles. The van der Waals surface area contributed by atoms with Gasteiger partial charge >= 0.3 is 5.97 Å². The Hall–Kier alpha value is -0.570. The second-order valence-electron chi connectivity index (χ2n) is 5.46. The molecule has 0 unspecified atom stereocenters. The highest BCUT2D eigenvalue weighted by molar-refractivity contribution is 5.74. The molecule has 0 amide bonds. The van der Waals surface area contributed by atoms with Crippen molar-refractivity contribution in [3.8, 4) is 0 Å². The molecule has 0 bridgehead atoms. The van der Waals surface area contributed by atoms with Gasteiger partial charge in [0.05, 0.1) is 11.0 Å². The highest BCUT2D eigenvalue weighted by Gasteiger charge is 2.40. The van der Waals surface area contributed by atoms with Gasteiger partial charge in [-0.3, -0.25) is 4.79 Å². The standard InChI is InChI=1S/C12H22O3/c1-11(2,15)8-9-12(10(13)14)6-4-3-5-7-12/h15H,3-9H2,1-2H3,(H,13,14). The number of carboxylic acids is 1. The first-order valence-electron chi connectivity index (χ1n) is 5.82. The molecule has 1 saturated carbocycles. The van der Waals surface area contributed by atoms with Crippen molar-refractivity contribution in [3.05, 3.63) is 0 Å². The molecule has 0 radical (unpaired) electrons. The molecule has 1 aliphatic rings. The summed E-state index contributed by atoms with van der Waals surface area (Å²) in [4.78, 5) is 11.3. The molecule has 0 heterocycles. The fraction of sp³-hybridized carbons (Fsp3) is 0.917. The SMILES string of the molecule is CC(C)(O)CCC1(C(=O)O)CCCCC1. The molecule has 3 heteroatoms. The molecule has 0 saturated heterocycles. The van der Waals surface area contributed by atoms with Gasteiger partial charge in [0, 0.05) is 0 Å². The molecule has 1 fully saturated rings. The molecule has 0 aromatic carbocycles. The Kier molecular flexibility index (Phi) is 3.77. The van der Waals surface area contributed by atoms with Crippen molar-refractivity contribution in [2.75, 3.05) is 0 Å². The van der Waals surface area contributed by atoms with Crippen LogP contribution in [0.5, 0.6) is 0 Å². The topological polar surface area (TPSA) is 57.5 Å². The van der Waals surface area contributed by atoms with Crippen molar-refractivity contribution in [1.82, 2.24) is 0 Å². The molecular formula is C12H22O3. The van der Waals surface area contributed by atoms with Gasteiger partial charge in [0.15, 0.2) is 0 Å². The van der Waals surface area contributed by atoms with E-state index in [1.54, 1.807) is 13.8 Å². The van der Waals surface area contributed by atoms with E-state index in [0.717, 1.165) is 32.1 Å². The monoisotopic (exact) mass is 214 g/mol. The minimum absolute atomic E-state index is 0.557. The summed E-state index contributed by atoms with van der Waals surface area (Å²) in [7, 11) is 0. The molecule has 0 spiro atoms. The molecule has 1 rings (SSSR count). The number of carboxylic acid groups (broad SMARTS) is 1. The number of carbonyl (C=O) groups is 1. The summed E-state index contributed by atoms with van der Waals surface area (Å²) in [5.74, 6) is -0.675. The van der Waals surface area contributed by atoms with Crippen LogP contribution in [0.4, 0.5) is 0 Å². The van der Waals surface area contributed by atoms with Crippen LogP contribution in [0, 0.1) is 5.41 Å². The largest absolute Gasteiger partial charge is 0.481 e. The van der Waals surface area contributed by atoms with E-state index < -0.39 is 17.0 Å². The summed E-state index contributed by atoms with van der Waals surface area (Å²) in [6.07, 6.45) is 5.90. The Morgan fingerprint density at radius 1 is 1.27 bits per heavy atom. The van der Waals surface area contributed by atoms with Gasteiger partial charge in [0.2, 0.25) is 0 Å². The lowest BCUT2D eigenvalue weighted by atomic mass is 9.70. The number of hydrogen-bond donors (Lipinski definition) is 2. The summed E-state index contributed by atoms with van der Waals surface area (Å²) in [6, 6.07) is 0. The highest BCUT2D eigenvalue weighted by Crippen LogP contribution is 2.41. The quantitative estimate of drug-likeness (QED) is 0.756. The van der Waals surface area contributed by atoms with E-state index in [4.69, 9.17) is 0 Å². The minimum atomic E-state index is -0.750. The van der Waals surface area contributed by atoms with Crippen molar-refractivity contribution in [2.24, 2.45) is 5.41 Å². The molecule has 1 aliphatic carbocycles. The van der Waals surface area contributed by atoms with Crippen LogP contribution >= 0.6 is 0 Å². The van der Waals surface area contributed by atoms with Crippen LogP contribution in [0.1, 0.15) is 58.8 Å². The lowest BCUT2D eigenvalue weighted by molar-refractivity contribution is -0.152. The predicted octanol–water partition coefficient (Wildman–Crippen LogP) is 2.57. The van der Waals surface area contributed by atoms with Gasteiger partial charge in [-0.05, 0) is 39.5 Å². The molecule has 3 nitrogen and oxygen atoms in total. The zero-order valence-electron chi connectivity index (χ0n) is 9.75. The van der Waals surface area contributed by atoms with Gasteiger partial charge < -0.3 is 10.2 Å². The van der Waals surface area contributed by atoms with Crippen LogP contribution < -0.4 is 0 Å². The molecule has 0 aromatic rings. The first-order valence-corrected chi connectivity index (χ1v) is 5.82. The van der Waals surface area contributed by atoms with Gasteiger partial charge in [-0.15, -0.1) is 0 Å². The van der Waals surface area contributed by atoms with Crippen LogP contribution in [0.25, 0.3) is 0 Å². The van der Waals surface area contributed by atoms with Gasteiger partial charge in [0.25, 0.3) is 0 Å². The average molecular weight is 214 g/mol. The smallest absolute Gasteiger partial charge is 0.309 e. The molecule has 2 N–H and O–H groups in total. The molecule has 0 aromatic heterocycles. The second kappa shape index (κ2) is 4.52. The van der Waals surface area contributed by atoms with Gasteiger partial charge in [0.1, 0.15) is 0 Å². The van der Waals surface area contributed by atoms with E-state index in [1.807, 2.05) is 0 Å². The van der Waals surface area contributed by atoms with Crippen molar-refractivity contribution in [2.45, 2.75) is 64.4 Å². The molecule has 0 atom stereocenters. The van der Waals surface area contributed by atoms with Crippen molar-refractivity contribution < 1.29 is 15.0 Å². The zero-order valence-corrected chi connectivity index (χ0v) is 9.75. The maximum atomic E-state index is 11.3. The fourth-order valence-electron chi connectivity index (χ4n) is 2.34. The average Bonchev–Trinajstić information content (AvgIpc) is 2.15. The third kappa shape index (κ3) is 3.49. The Balaban J connectivity index is 2.61. The minimum Gasteiger partial charge on any atom is -0.481 e. The summed E-state index contributed by atoms with van der Waals surface area (Å²) in [6.45, 7) is 3.48. The van der Waals surface area contributed by atoms with Gasteiger partial charge in [-0.1, -0.05) is 19.3 Å². The van der Waals surface area contributed by atoms with Gasteiger partial charge in [-0.2, -0.15) is 0 Å². The third-order valence-electron chi connectivity index (χ3n) is 3.48. The summed E-state index contributed by atoms with van der Waals surface area (Å²) in [5, 5.41) is 19.0. The first kappa shape index (κ1) is 12.5. The number of rotatable bonds is 4. The Morgan fingerprint density at radius 2 is 1.80 bits per heavy atom. The van der Waals surface area contributed by atoms with Crippen LogP contribution in [-0.2, 0) is 4.79 Å². The maximum Gasteiger partial charge on any atom is 0.309 e. The molecular weight excluding hydrogens is 192 g/mol. The second-order valence-corrected chi connectivity index (χ2v) is 5.46. The maximum absolute atomic E-state index is 11.3. The Morgan fingerprint density at radius 3 is 2.20 bits per heavy atom. The summed E-state index contributed by atoms with van der Waals surface area (Å²) < 4.78 is 0. The van der Waals surface area contributed by atoms with Crippen LogP contribution in [-0.4, -0.2) is 21.8 Å². The highest BCUT2D eigenvalue weighted by atomic mass is 16.4. The number of aliphatic carboxylic acids is 1. The van der Waals surface area contributed by atoms with Crippen LogP contribution in [0.2, 0.25) is 0 Å². The normalized spacial score (nSPS) is 21.3. The first-order chi connectivity index (χ1) is 6.86. The third-order valence-corrected chi connectivity index (χ3v) is 3.48. The van der Waals surface area contributed by atoms with Crippen LogP contribution in [0.3, 0.4) is 0 Å². The van der Waals surface area contributed by atoms with E-state index in [9.17, 15) is 15.0 Å². The lowest BCUT2D eigenvalue weighted by Gasteiger charge is -2.34. The summed E-state index contributed by atoms with van der Waals surface area (Å²) in [5.41, 5.74) is -1.31. The van der Waals surface area contributed by atoms with Crippen LogP contribution in [0.15, 0.2) is 0 Å². The van der Waals surface area contributed by atoms with E-state index in [0.29, 0.717) is 12.8 Å². The Bertz CT molecular complexity index is 222. The number of hydrogen-bond acceptors (Lipinski definition) is 2. The van der Waals surface area contributed by atoms with E-state index in [1.165, 1.54) is 0 Å². The van der Waals surface area contributed by atoms with E-state index >= 15 is 0 Å². The van der Waals surface area contributed by atoms with Gasteiger partial charge in [-0.25, -0.2) is 0 Å². The van der Waals surface area contributed by atoms with Crippen molar-refractivity contribution in [1.29, 1.82) is 0 Å². The fourth-order valence-corrected chi connectivity index (χ4v) is 2.34. The van der Waals surface area contributed by atoms with Crippen molar-refractivity contribution in [3.63, 3.8) is 0 Å². The molecule has 15 heavy (non-hydrogen) atoms. The Labute approximate surface area is 91.5 Å². The molecule has 88 valence electrons. The zero-order chi connectivity index (χ0) is 11.5. The lowest BCUT2D eigenvalue weighted by Crippen LogP contribution is -2.35. The number of aliphatic hydroxyl groups is 1. The van der Waals surface area contributed by atoms with E-state index in [2.05, 4.69) is 0 Å². The predicted molar refractivity (Wildman–Crippen MR) is 58.7 cm³/mol. The van der Waals surface area contributed by atoms with Crippen molar-refractivity contribution >= 4 is 5.97 Å². The van der Waals surface area contributed by atoms with E-state index in [-0.39, 0.29) is 0 Å².